The van der Waals surface area contributed by atoms with Crippen molar-refractivity contribution in [1.82, 2.24) is 4.72 Å². The number of fused-ring (bicyclic) bond motifs is 2. The maximum Gasteiger partial charge on any atom is 0.240 e. The average molecular weight is 447 g/mol. The van der Waals surface area contributed by atoms with Crippen LogP contribution in [0.15, 0.2) is 53.4 Å². The van der Waals surface area contributed by atoms with Crippen LogP contribution >= 0.6 is 11.6 Å². The Kier molecular flexibility index (Phi) is 6.19. The van der Waals surface area contributed by atoms with Crippen LogP contribution in [0.2, 0.25) is 5.02 Å². The molecular weight excluding hydrogens is 420 g/mol. The Balaban J connectivity index is 1.35. The maximum atomic E-state index is 12.8. The summed E-state index contributed by atoms with van der Waals surface area (Å²) in [6, 6.07) is 13.3. The van der Waals surface area contributed by atoms with E-state index < -0.39 is 10.0 Å². The smallest absolute Gasteiger partial charge is 0.240 e. The van der Waals surface area contributed by atoms with E-state index in [4.69, 9.17) is 11.6 Å². The highest BCUT2D eigenvalue weighted by atomic mass is 35.5. The van der Waals surface area contributed by atoms with Gasteiger partial charge in [-0.15, -0.1) is 0 Å². The van der Waals surface area contributed by atoms with Crippen molar-refractivity contribution in [1.29, 1.82) is 0 Å². The number of hydrogen-bond acceptors (Lipinski definition) is 3. The number of anilines is 1. The van der Waals surface area contributed by atoms with Crippen molar-refractivity contribution in [3.8, 4) is 0 Å². The summed E-state index contributed by atoms with van der Waals surface area (Å²) in [6.45, 7) is 1.98. The lowest BCUT2D eigenvalue weighted by Gasteiger charge is -2.28. The summed E-state index contributed by atoms with van der Waals surface area (Å²) in [7, 11) is -3.59. The normalized spacial score (nSPS) is 24.0. The molecule has 0 aromatic heterocycles. The van der Waals surface area contributed by atoms with E-state index in [1.807, 2.05) is 6.92 Å². The predicted octanol–water partition coefficient (Wildman–Crippen LogP) is 4.62. The van der Waals surface area contributed by atoms with Gasteiger partial charge in [-0.2, -0.15) is 0 Å². The monoisotopic (exact) mass is 446 g/mol. The molecule has 2 N–H and O–H groups in total. The highest BCUT2D eigenvalue weighted by molar-refractivity contribution is 7.89. The quantitative estimate of drug-likeness (QED) is 0.651. The molecule has 7 heteroatoms. The second-order valence-corrected chi connectivity index (χ2v) is 10.8. The summed E-state index contributed by atoms with van der Waals surface area (Å²) in [5.41, 5.74) is 1.42. The summed E-state index contributed by atoms with van der Waals surface area (Å²) >= 11 is 5.86. The number of rotatable bonds is 7. The van der Waals surface area contributed by atoms with Crippen LogP contribution in [-0.2, 0) is 21.2 Å². The molecule has 0 radical (unpaired) electrons. The van der Waals surface area contributed by atoms with Crippen LogP contribution in [0.5, 0.6) is 0 Å². The lowest BCUT2D eigenvalue weighted by Crippen LogP contribution is -2.40. The van der Waals surface area contributed by atoms with Crippen LogP contribution in [-0.4, -0.2) is 20.4 Å². The Morgan fingerprint density at radius 2 is 1.77 bits per heavy atom. The van der Waals surface area contributed by atoms with E-state index in [-0.39, 0.29) is 23.3 Å². The van der Waals surface area contributed by atoms with Crippen LogP contribution in [0.4, 0.5) is 5.69 Å². The summed E-state index contributed by atoms with van der Waals surface area (Å²) in [4.78, 5) is 12.4. The zero-order valence-corrected chi connectivity index (χ0v) is 18.5. The first-order chi connectivity index (χ1) is 14.3. The minimum absolute atomic E-state index is 0.0657. The van der Waals surface area contributed by atoms with Gasteiger partial charge in [0.2, 0.25) is 15.9 Å². The lowest BCUT2D eigenvalue weighted by molar-refractivity contribution is -0.115. The topological polar surface area (TPSA) is 75.3 Å². The first-order valence-corrected chi connectivity index (χ1v) is 12.3. The zero-order valence-electron chi connectivity index (χ0n) is 17.0. The number of halogens is 1. The molecule has 1 amide bonds. The number of sulfonamides is 1. The minimum Gasteiger partial charge on any atom is -0.326 e. The molecule has 0 unspecified atom stereocenters. The largest absolute Gasteiger partial charge is 0.326 e. The third kappa shape index (κ3) is 4.88. The molecule has 2 aliphatic rings. The number of nitrogens with one attached hydrogen (secondary N) is 2. The second kappa shape index (κ2) is 8.69. The molecule has 0 aliphatic heterocycles. The van der Waals surface area contributed by atoms with Crippen LogP contribution in [0, 0.1) is 17.8 Å². The fraction of sp³-hybridized carbons (Fsp3) is 0.435. The minimum atomic E-state index is -3.59. The molecule has 2 aromatic carbocycles. The van der Waals surface area contributed by atoms with Crippen molar-refractivity contribution in [3.05, 3.63) is 59.1 Å². The van der Waals surface area contributed by atoms with Gasteiger partial charge < -0.3 is 5.32 Å². The highest BCUT2D eigenvalue weighted by Crippen LogP contribution is 2.49. The molecule has 160 valence electrons. The fourth-order valence-corrected chi connectivity index (χ4v) is 6.44. The van der Waals surface area contributed by atoms with E-state index in [9.17, 15) is 13.2 Å². The molecule has 0 heterocycles. The number of amides is 1. The van der Waals surface area contributed by atoms with Crippen LogP contribution < -0.4 is 10.0 Å². The van der Waals surface area contributed by atoms with Gasteiger partial charge in [-0.05, 0) is 85.9 Å². The lowest BCUT2D eigenvalue weighted by atomic mass is 9.84. The molecule has 0 spiro atoms. The predicted molar refractivity (Wildman–Crippen MR) is 119 cm³/mol. The average Bonchev–Trinajstić information content (AvgIpc) is 3.33. The van der Waals surface area contributed by atoms with Crippen LogP contribution in [0.3, 0.4) is 0 Å². The van der Waals surface area contributed by atoms with Gasteiger partial charge in [0.1, 0.15) is 0 Å². The van der Waals surface area contributed by atoms with Crippen molar-refractivity contribution in [2.45, 2.75) is 50.0 Å². The van der Waals surface area contributed by atoms with E-state index in [1.54, 1.807) is 36.4 Å². The van der Waals surface area contributed by atoms with E-state index in [2.05, 4.69) is 10.0 Å². The molecular formula is C23H27ClN2O3S. The zero-order chi connectivity index (χ0) is 21.3. The molecule has 5 nitrogen and oxygen atoms in total. The fourth-order valence-electron chi connectivity index (χ4n) is 5.02. The van der Waals surface area contributed by atoms with Crippen molar-refractivity contribution in [2.75, 3.05) is 5.32 Å². The molecule has 30 heavy (non-hydrogen) atoms. The van der Waals surface area contributed by atoms with Crippen LogP contribution in [0.25, 0.3) is 0 Å². The third-order valence-corrected chi connectivity index (χ3v) is 8.33. The van der Waals surface area contributed by atoms with E-state index in [0.717, 1.165) is 17.9 Å². The Morgan fingerprint density at radius 3 is 2.37 bits per heavy atom. The number of carbonyl (C=O) groups excluding carboxylic acids is 1. The second-order valence-electron chi connectivity index (χ2n) is 8.62. The van der Waals surface area contributed by atoms with Gasteiger partial charge in [-0.25, -0.2) is 13.1 Å². The molecule has 2 saturated carbocycles. The Hall–Kier alpha value is -1.89. The van der Waals surface area contributed by atoms with E-state index in [0.29, 0.717) is 22.5 Å². The highest BCUT2D eigenvalue weighted by Gasteiger charge is 2.42. The summed E-state index contributed by atoms with van der Waals surface area (Å²) in [5.74, 6) is 1.70. The first-order valence-electron chi connectivity index (χ1n) is 10.5. The number of hydrogen-bond donors (Lipinski definition) is 2. The van der Waals surface area contributed by atoms with Crippen molar-refractivity contribution in [2.24, 2.45) is 17.8 Å². The van der Waals surface area contributed by atoms with Gasteiger partial charge >= 0.3 is 0 Å². The van der Waals surface area contributed by atoms with Gasteiger partial charge in [-0.3, -0.25) is 4.79 Å². The molecule has 2 bridgehead atoms. The Morgan fingerprint density at radius 1 is 1.07 bits per heavy atom. The third-order valence-electron chi connectivity index (χ3n) is 6.50. The van der Waals surface area contributed by atoms with Gasteiger partial charge in [0, 0.05) is 16.8 Å². The van der Waals surface area contributed by atoms with Gasteiger partial charge in [0.25, 0.3) is 0 Å². The van der Waals surface area contributed by atoms with Crippen LogP contribution in [0.1, 0.15) is 38.2 Å². The SMILES string of the molecule is C[C@H](NS(=O)(=O)c1ccc(NC(=O)Cc2ccc(Cl)cc2)cc1)[C@@H]1C[C@H]2CC[C@H]1C2. The Bertz CT molecular complexity index is 1010. The Labute approximate surface area is 183 Å². The standard InChI is InChI=1S/C23H27ClN2O3S/c1-15(22-13-17-2-5-18(22)12-17)26-30(28,29)21-10-8-20(9-11-21)25-23(27)14-16-3-6-19(24)7-4-16/h3-4,6-11,15,17-18,22,26H,2,5,12-14H2,1H3,(H,25,27)/t15-,17-,18-,22-/m0/s1. The molecule has 0 saturated heterocycles. The number of benzene rings is 2. The molecule has 2 aliphatic carbocycles. The maximum absolute atomic E-state index is 12.8. The van der Waals surface area contributed by atoms with Crippen molar-refractivity contribution >= 4 is 33.2 Å². The van der Waals surface area contributed by atoms with Gasteiger partial charge in [0.15, 0.2) is 0 Å². The van der Waals surface area contributed by atoms with Crippen molar-refractivity contribution < 1.29 is 13.2 Å². The molecule has 4 rings (SSSR count). The van der Waals surface area contributed by atoms with Crippen molar-refractivity contribution in [3.63, 3.8) is 0 Å². The van der Waals surface area contributed by atoms with E-state index in [1.165, 1.54) is 31.4 Å². The van der Waals surface area contributed by atoms with E-state index >= 15 is 0 Å². The summed E-state index contributed by atoms with van der Waals surface area (Å²) in [6.07, 6.45) is 5.13. The molecule has 4 atom stereocenters. The molecule has 2 aromatic rings. The van der Waals surface area contributed by atoms with Gasteiger partial charge in [-0.1, -0.05) is 30.2 Å². The molecule has 2 fully saturated rings. The summed E-state index contributed by atoms with van der Waals surface area (Å²) in [5, 5.41) is 3.42. The number of carbonyl (C=O) groups is 1. The first kappa shape index (κ1) is 21.3. The van der Waals surface area contributed by atoms with Gasteiger partial charge in [0.05, 0.1) is 11.3 Å². The summed E-state index contributed by atoms with van der Waals surface area (Å²) < 4.78 is 28.5.